The maximum absolute atomic E-state index is 5.53. The van der Waals surface area contributed by atoms with Crippen molar-refractivity contribution in [1.82, 2.24) is 0 Å². The molecule has 0 saturated carbocycles. The summed E-state index contributed by atoms with van der Waals surface area (Å²) in [5.41, 5.74) is 0. The second kappa shape index (κ2) is 6.57. The third kappa shape index (κ3) is 66.7. The van der Waals surface area contributed by atoms with Gasteiger partial charge in [-0.2, -0.15) is 0 Å². The van der Waals surface area contributed by atoms with Gasteiger partial charge in [-0.1, -0.05) is 0 Å². The second-order valence-corrected chi connectivity index (χ2v) is 5.19. The molecule has 0 nitrogen and oxygen atoms in total. The Kier molecular flexibility index (Phi) is 8.85. The van der Waals surface area contributed by atoms with Crippen molar-refractivity contribution in [2.45, 2.75) is 37.9 Å². The molecule has 0 fully saturated rings. The highest BCUT2D eigenvalue weighted by Crippen LogP contribution is 2.07. The molecule has 0 radical (unpaired) electrons. The zero-order chi connectivity index (χ0) is 8.78. The Morgan fingerprint density at radius 2 is 1.40 bits per heavy atom. The quantitative estimate of drug-likeness (QED) is 0.570. The molecule has 0 aromatic carbocycles. The fourth-order valence-corrected chi connectivity index (χ4v) is 0. The Morgan fingerprint density at radius 3 is 1.40 bits per heavy atom. The molecule has 1 atom stereocenters. The summed E-state index contributed by atoms with van der Waals surface area (Å²) in [6.45, 7) is 7.71. The normalized spacial score (nSPS) is 13.5. The average molecular weight is 206 g/mol. The van der Waals surface area contributed by atoms with Gasteiger partial charge in [-0.3, -0.25) is 0 Å². The monoisotopic (exact) mass is 204 g/mol. The first kappa shape index (κ1) is 13.5. The highest BCUT2D eigenvalue weighted by Gasteiger charge is 1.99. The molecule has 0 N–H and O–H groups in total. The molecule has 1 unspecified atom stereocenters. The molecule has 0 aromatic rings. The van der Waals surface area contributed by atoms with Gasteiger partial charge in [-0.15, -0.1) is 34.8 Å². The first-order valence-corrected chi connectivity index (χ1v) is 4.51. The summed E-state index contributed by atoms with van der Waals surface area (Å²) >= 11 is 16.1. The maximum Gasteiger partial charge on any atom is 0.0443 e. The summed E-state index contributed by atoms with van der Waals surface area (Å²) in [6.07, 6.45) is 0. The lowest BCUT2D eigenvalue weighted by Crippen LogP contribution is -1.99. The molecule has 0 heterocycles. The van der Waals surface area contributed by atoms with Crippen LogP contribution in [0.2, 0.25) is 0 Å². The first-order valence-electron chi connectivity index (χ1n) is 3.16. The SMILES string of the molecule is CC(C)(C)Cl.CC(Cl)CCl. The van der Waals surface area contributed by atoms with Crippen molar-refractivity contribution in [1.29, 1.82) is 0 Å². The summed E-state index contributed by atoms with van der Waals surface area (Å²) in [7, 11) is 0. The van der Waals surface area contributed by atoms with Crippen LogP contribution in [0.3, 0.4) is 0 Å². The lowest BCUT2D eigenvalue weighted by molar-refractivity contribution is 0.788. The first-order chi connectivity index (χ1) is 4.27. The lowest BCUT2D eigenvalue weighted by atomic mass is 10.3. The van der Waals surface area contributed by atoms with Crippen molar-refractivity contribution < 1.29 is 0 Å². The molecular weight excluding hydrogens is 190 g/mol. The molecule has 10 heavy (non-hydrogen) atoms. The van der Waals surface area contributed by atoms with E-state index in [1.807, 2.05) is 27.7 Å². The predicted molar refractivity (Wildman–Crippen MR) is 51.6 cm³/mol. The highest BCUT2D eigenvalue weighted by atomic mass is 35.5. The van der Waals surface area contributed by atoms with Crippen LogP contribution in [0.4, 0.5) is 0 Å². The molecule has 3 heteroatoms. The van der Waals surface area contributed by atoms with E-state index in [1.165, 1.54) is 0 Å². The molecular formula is C7H15Cl3. The summed E-state index contributed by atoms with van der Waals surface area (Å²) < 4.78 is 0. The molecule has 0 saturated heterocycles. The second-order valence-electron chi connectivity index (χ2n) is 3.00. The van der Waals surface area contributed by atoms with E-state index in [2.05, 4.69) is 0 Å². The van der Waals surface area contributed by atoms with Gasteiger partial charge in [0.15, 0.2) is 0 Å². The predicted octanol–water partition coefficient (Wildman–Crippen LogP) is 3.88. The van der Waals surface area contributed by atoms with Gasteiger partial charge in [0, 0.05) is 16.1 Å². The number of halogens is 3. The van der Waals surface area contributed by atoms with E-state index in [0.29, 0.717) is 5.88 Å². The summed E-state index contributed by atoms with van der Waals surface area (Å²) in [5, 5.41) is 0.122. The van der Waals surface area contributed by atoms with E-state index < -0.39 is 0 Å². The van der Waals surface area contributed by atoms with Crippen LogP contribution in [-0.4, -0.2) is 16.1 Å². The van der Waals surface area contributed by atoms with Crippen LogP contribution in [0.15, 0.2) is 0 Å². The average Bonchev–Trinajstić information content (AvgIpc) is 1.61. The van der Waals surface area contributed by atoms with Gasteiger partial charge in [-0.25, -0.2) is 0 Å². The Bertz CT molecular complexity index is 57.7. The van der Waals surface area contributed by atoms with Gasteiger partial charge in [0.1, 0.15) is 0 Å². The fraction of sp³-hybridized carbons (Fsp3) is 1.00. The standard InChI is InChI=1S/C4H9Cl.C3H6Cl2/c1-4(2,3)5;1-3(5)2-4/h1-3H3;3H,2H2,1H3. The van der Waals surface area contributed by atoms with Gasteiger partial charge in [0.25, 0.3) is 0 Å². The smallest absolute Gasteiger partial charge is 0.0443 e. The van der Waals surface area contributed by atoms with Gasteiger partial charge in [0.2, 0.25) is 0 Å². The lowest BCUT2D eigenvalue weighted by Gasteiger charge is -2.01. The number of alkyl halides is 3. The van der Waals surface area contributed by atoms with Crippen molar-refractivity contribution in [3.8, 4) is 0 Å². The van der Waals surface area contributed by atoms with Gasteiger partial charge in [0.05, 0.1) is 0 Å². The molecule has 0 bridgehead atoms. The van der Waals surface area contributed by atoms with Crippen LogP contribution in [0.25, 0.3) is 0 Å². The zero-order valence-corrected chi connectivity index (χ0v) is 9.19. The Labute approximate surface area is 78.8 Å². The van der Waals surface area contributed by atoms with Crippen molar-refractivity contribution in [2.24, 2.45) is 0 Å². The van der Waals surface area contributed by atoms with E-state index >= 15 is 0 Å². The minimum atomic E-state index is -0.0278. The van der Waals surface area contributed by atoms with Crippen LogP contribution in [0.5, 0.6) is 0 Å². The van der Waals surface area contributed by atoms with Crippen molar-refractivity contribution in [2.75, 3.05) is 5.88 Å². The van der Waals surface area contributed by atoms with Gasteiger partial charge < -0.3 is 0 Å². The molecule has 0 aliphatic carbocycles. The molecule has 0 aliphatic rings. The van der Waals surface area contributed by atoms with Crippen LogP contribution in [0.1, 0.15) is 27.7 Å². The van der Waals surface area contributed by atoms with E-state index in [0.717, 1.165) is 0 Å². The van der Waals surface area contributed by atoms with Gasteiger partial charge >= 0.3 is 0 Å². The molecule has 0 spiro atoms. The maximum atomic E-state index is 5.53. The number of rotatable bonds is 1. The third-order valence-electron chi connectivity index (χ3n) is 0.213. The molecule has 64 valence electrons. The molecule has 0 aliphatic heterocycles. The van der Waals surface area contributed by atoms with Crippen molar-refractivity contribution in [3.05, 3.63) is 0 Å². The highest BCUT2D eigenvalue weighted by molar-refractivity contribution is 6.27. The fourth-order valence-electron chi connectivity index (χ4n) is 0. The van der Waals surface area contributed by atoms with Crippen molar-refractivity contribution in [3.63, 3.8) is 0 Å². The third-order valence-corrected chi connectivity index (χ3v) is 0.988. The molecule has 0 amide bonds. The topological polar surface area (TPSA) is 0 Å². The number of hydrogen-bond acceptors (Lipinski definition) is 0. The largest absolute Gasteiger partial charge is 0.125 e. The minimum absolute atomic E-state index is 0.0278. The van der Waals surface area contributed by atoms with Gasteiger partial charge in [-0.05, 0) is 27.7 Å². The van der Waals surface area contributed by atoms with Crippen LogP contribution < -0.4 is 0 Å². The summed E-state index contributed by atoms with van der Waals surface area (Å²) in [6, 6.07) is 0. The Hall–Kier alpha value is 0.870. The number of hydrogen-bond donors (Lipinski definition) is 0. The minimum Gasteiger partial charge on any atom is -0.125 e. The molecule has 0 rings (SSSR count). The zero-order valence-electron chi connectivity index (χ0n) is 6.92. The van der Waals surface area contributed by atoms with Crippen LogP contribution >= 0.6 is 34.8 Å². The van der Waals surface area contributed by atoms with Crippen LogP contribution in [-0.2, 0) is 0 Å². The van der Waals surface area contributed by atoms with E-state index in [1.54, 1.807) is 0 Å². The summed E-state index contributed by atoms with van der Waals surface area (Å²) in [4.78, 5) is -0.0278. The van der Waals surface area contributed by atoms with E-state index in [4.69, 9.17) is 34.8 Å². The van der Waals surface area contributed by atoms with Crippen molar-refractivity contribution >= 4 is 34.8 Å². The Morgan fingerprint density at radius 1 is 1.30 bits per heavy atom. The van der Waals surface area contributed by atoms with E-state index in [-0.39, 0.29) is 10.3 Å². The van der Waals surface area contributed by atoms with E-state index in [9.17, 15) is 0 Å². The molecule has 0 aromatic heterocycles. The van der Waals surface area contributed by atoms with Crippen LogP contribution in [0, 0.1) is 0 Å². The Balaban J connectivity index is 0. The summed E-state index contributed by atoms with van der Waals surface area (Å²) in [5.74, 6) is 0.543.